The van der Waals surface area contributed by atoms with Crippen LogP contribution in [-0.4, -0.2) is 81.4 Å². The Morgan fingerprint density at radius 3 is 2.27 bits per heavy atom. The summed E-state index contributed by atoms with van der Waals surface area (Å²) in [6.45, 7) is 3.88. The predicted molar refractivity (Wildman–Crippen MR) is 119 cm³/mol. The Kier molecular flexibility index (Phi) is 6.47. The van der Waals surface area contributed by atoms with Gasteiger partial charge in [0.25, 0.3) is 0 Å². The Labute approximate surface area is 193 Å². The maximum atomic E-state index is 14.6. The smallest absolute Gasteiger partial charge is 0.410 e. The molecule has 0 radical (unpaired) electrons. The molecule has 1 aromatic carbocycles. The van der Waals surface area contributed by atoms with Gasteiger partial charge in [0.2, 0.25) is 10.0 Å². The summed E-state index contributed by atoms with van der Waals surface area (Å²) >= 11 is 0. The van der Waals surface area contributed by atoms with Crippen LogP contribution in [0.3, 0.4) is 0 Å². The van der Waals surface area contributed by atoms with Crippen LogP contribution >= 0.6 is 0 Å². The Balaban J connectivity index is 1.26. The Hall–Kier alpha value is -2.14. The van der Waals surface area contributed by atoms with Gasteiger partial charge in [-0.25, -0.2) is 22.0 Å². The minimum absolute atomic E-state index is 0.0895. The first kappa shape index (κ1) is 24.0. The molecule has 0 unspecified atom stereocenters. The van der Waals surface area contributed by atoms with Crippen molar-refractivity contribution in [1.29, 1.82) is 0 Å². The molecular weight excluding hydrogens is 456 g/mol. The molecule has 1 aliphatic carbocycles. The summed E-state index contributed by atoms with van der Waals surface area (Å²) in [5.41, 5.74) is 0.0467. The predicted octanol–water partition coefficient (Wildman–Crippen LogP) is 2.82. The van der Waals surface area contributed by atoms with Crippen LogP contribution in [0.4, 0.5) is 19.3 Å². The fourth-order valence-corrected chi connectivity index (χ4v) is 4.75. The number of likely N-dealkylation sites (tertiary alicyclic amines) is 1. The summed E-state index contributed by atoms with van der Waals surface area (Å²) in [6, 6.07) is 2.20. The third-order valence-electron chi connectivity index (χ3n) is 6.87. The second kappa shape index (κ2) is 8.90. The largest absolute Gasteiger partial charge is 0.487 e. The molecule has 2 heterocycles. The van der Waals surface area contributed by atoms with Gasteiger partial charge in [0, 0.05) is 51.0 Å². The standard InChI is InChI=1S/C22H31F2N3O5S/c1-22(6-7-22)32-21(28)26-8-4-15(5-9-26)14-31-20-18(23)10-16(11-19(20)24)27-12-17(13-27)25(2)33(3,29)30/h10-11,15,17H,4-9,12-14H2,1-3H3. The van der Waals surface area contributed by atoms with Gasteiger partial charge in [0.05, 0.1) is 18.9 Å². The zero-order valence-corrected chi connectivity index (χ0v) is 20.0. The summed E-state index contributed by atoms with van der Waals surface area (Å²) in [7, 11) is -1.82. The van der Waals surface area contributed by atoms with E-state index in [9.17, 15) is 22.0 Å². The highest BCUT2D eigenvalue weighted by Gasteiger charge is 2.43. The number of nitrogens with zero attached hydrogens (tertiary/aromatic N) is 3. The van der Waals surface area contributed by atoms with E-state index in [0.29, 0.717) is 44.7 Å². The zero-order chi connectivity index (χ0) is 24.0. The number of rotatable bonds is 7. The molecule has 0 atom stereocenters. The van der Waals surface area contributed by atoms with Gasteiger partial charge in [0.1, 0.15) is 5.60 Å². The van der Waals surface area contributed by atoms with Crippen molar-refractivity contribution in [3.05, 3.63) is 23.8 Å². The van der Waals surface area contributed by atoms with Crippen LogP contribution in [0.5, 0.6) is 5.75 Å². The average molecular weight is 488 g/mol. The van der Waals surface area contributed by atoms with Gasteiger partial charge in [-0.2, -0.15) is 4.31 Å². The molecule has 1 amide bonds. The van der Waals surface area contributed by atoms with E-state index in [4.69, 9.17) is 9.47 Å². The molecule has 1 saturated carbocycles. The van der Waals surface area contributed by atoms with E-state index in [1.807, 2.05) is 6.92 Å². The number of hydrogen-bond acceptors (Lipinski definition) is 6. The van der Waals surface area contributed by atoms with Crippen LogP contribution in [0.25, 0.3) is 0 Å². The highest BCUT2D eigenvalue weighted by atomic mass is 32.2. The average Bonchev–Trinajstić information content (AvgIpc) is 3.42. The number of carbonyl (C=O) groups excluding carboxylic acids is 1. The lowest BCUT2D eigenvalue weighted by Crippen LogP contribution is -2.59. The number of likely N-dealkylation sites (N-methyl/N-ethyl adjacent to an activating group) is 1. The minimum Gasteiger partial charge on any atom is -0.487 e. The molecule has 0 N–H and O–H groups in total. The maximum absolute atomic E-state index is 14.6. The second-order valence-corrected chi connectivity index (χ2v) is 11.7. The normalized spacial score (nSPS) is 21.2. The van der Waals surface area contributed by atoms with E-state index >= 15 is 0 Å². The maximum Gasteiger partial charge on any atom is 0.410 e. The van der Waals surface area contributed by atoms with Crippen molar-refractivity contribution >= 4 is 21.8 Å². The first-order valence-electron chi connectivity index (χ1n) is 11.2. The number of carbonyl (C=O) groups is 1. The highest BCUT2D eigenvalue weighted by Crippen LogP contribution is 2.39. The van der Waals surface area contributed by atoms with Crippen LogP contribution in [0.1, 0.15) is 32.6 Å². The van der Waals surface area contributed by atoms with Crippen molar-refractivity contribution in [2.45, 2.75) is 44.2 Å². The SMILES string of the molecule is CN(C1CN(c2cc(F)c(OCC3CCN(C(=O)OC4(C)CC4)CC3)c(F)c2)C1)S(C)(=O)=O. The summed E-state index contributed by atoms with van der Waals surface area (Å²) in [4.78, 5) is 15.6. The molecule has 8 nitrogen and oxygen atoms in total. The number of benzene rings is 1. The summed E-state index contributed by atoms with van der Waals surface area (Å²) in [6.07, 6.45) is 3.99. The van der Waals surface area contributed by atoms with E-state index in [1.54, 1.807) is 9.80 Å². The van der Waals surface area contributed by atoms with E-state index in [1.165, 1.54) is 23.5 Å². The summed E-state index contributed by atoms with van der Waals surface area (Å²) < 4.78 is 64.7. The van der Waals surface area contributed by atoms with Gasteiger partial charge in [0.15, 0.2) is 17.4 Å². The third-order valence-corrected chi connectivity index (χ3v) is 8.22. The van der Waals surface area contributed by atoms with E-state index in [-0.39, 0.29) is 30.3 Å². The fourth-order valence-electron chi connectivity index (χ4n) is 4.07. The molecule has 4 rings (SSSR count). The first-order valence-corrected chi connectivity index (χ1v) is 13.1. The van der Waals surface area contributed by atoms with Gasteiger partial charge in [-0.05, 0) is 38.5 Å². The molecule has 184 valence electrons. The van der Waals surface area contributed by atoms with Crippen LogP contribution in [0.2, 0.25) is 0 Å². The van der Waals surface area contributed by atoms with Crippen molar-refractivity contribution < 1.29 is 31.5 Å². The van der Waals surface area contributed by atoms with Gasteiger partial charge in [-0.1, -0.05) is 0 Å². The zero-order valence-electron chi connectivity index (χ0n) is 19.2. The van der Waals surface area contributed by atoms with E-state index < -0.39 is 27.4 Å². The van der Waals surface area contributed by atoms with Gasteiger partial charge >= 0.3 is 6.09 Å². The summed E-state index contributed by atoms with van der Waals surface area (Å²) in [5.74, 6) is -1.90. The van der Waals surface area contributed by atoms with Gasteiger partial charge in [-0.3, -0.25) is 0 Å². The minimum atomic E-state index is -3.31. The number of amides is 1. The molecule has 0 spiro atoms. The number of piperidine rings is 1. The molecule has 3 fully saturated rings. The number of hydrogen-bond donors (Lipinski definition) is 0. The lowest BCUT2D eigenvalue weighted by molar-refractivity contribution is 0.0453. The van der Waals surface area contributed by atoms with Crippen LogP contribution in [0.15, 0.2) is 12.1 Å². The van der Waals surface area contributed by atoms with Crippen molar-refractivity contribution in [1.82, 2.24) is 9.21 Å². The van der Waals surface area contributed by atoms with Crippen molar-refractivity contribution in [3.8, 4) is 5.75 Å². The molecule has 1 aromatic rings. The summed E-state index contributed by atoms with van der Waals surface area (Å²) in [5, 5.41) is 0. The molecule has 2 saturated heterocycles. The Morgan fingerprint density at radius 1 is 1.18 bits per heavy atom. The van der Waals surface area contributed by atoms with Crippen LogP contribution in [-0.2, 0) is 14.8 Å². The van der Waals surface area contributed by atoms with Crippen molar-refractivity contribution in [2.75, 3.05) is 51.0 Å². The van der Waals surface area contributed by atoms with Crippen molar-refractivity contribution in [2.24, 2.45) is 5.92 Å². The number of anilines is 1. The second-order valence-electron chi connectivity index (χ2n) is 9.64. The molecule has 11 heteroatoms. The monoisotopic (exact) mass is 487 g/mol. The number of ether oxygens (including phenoxy) is 2. The van der Waals surface area contributed by atoms with Gasteiger partial charge < -0.3 is 19.3 Å². The quantitative estimate of drug-likeness (QED) is 0.589. The fraction of sp³-hybridized carbons (Fsp3) is 0.682. The molecular formula is C22H31F2N3O5S. The molecule has 0 bridgehead atoms. The molecule has 33 heavy (non-hydrogen) atoms. The third kappa shape index (κ3) is 5.51. The van der Waals surface area contributed by atoms with Crippen LogP contribution in [0, 0.1) is 17.6 Å². The number of halogens is 2. The lowest BCUT2D eigenvalue weighted by Gasteiger charge is -2.44. The van der Waals surface area contributed by atoms with Crippen LogP contribution < -0.4 is 9.64 Å². The molecule has 2 aliphatic heterocycles. The van der Waals surface area contributed by atoms with E-state index in [0.717, 1.165) is 19.1 Å². The molecule has 3 aliphatic rings. The Morgan fingerprint density at radius 2 is 1.76 bits per heavy atom. The van der Waals surface area contributed by atoms with E-state index in [2.05, 4.69) is 0 Å². The topological polar surface area (TPSA) is 79.4 Å². The van der Waals surface area contributed by atoms with Crippen molar-refractivity contribution in [3.63, 3.8) is 0 Å². The highest BCUT2D eigenvalue weighted by molar-refractivity contribution is 7.88. The molecule has 0 aromatic heterocycles. The first-order chi connectivity index (χ1) is 15.4. The Bertz CT molecular complexity index is 980. The lowest BCUT2D eigenvalue weighted by atomic mass is 9.98. The van der Waals surface area contributed by atoms with Gasteiger partial charge in [-0.15, -0.1) is 0 Å². The number of sulfonamides is 1.